The van der Waals surface area contributed by atoms with Gasteiger partial charge in [0, 0.05) is 36.2 Å². The normalized spacial score (nSPS) is 17.0. The zero-order chi connectivity index (χ0) is 13.3. The molecule has 0 atom stereocenters. The summed E-state index contributed by atoms with van der Waals surface area (Å²) in [5.41, 5.74) is 3.04. The van der Waals surface area contributed by atoms with Crippen LogP contribution >= 0.6 is 15.9 Å². The lowest BCUT2D eigenvalue weighted by Gasteiger charge is -2.32. The maximum absolute atomic E-state index is 12.5. The number of amides is 1. The van der Waals surface area contributed by atoms with Gasteiger partial charge in [-0.25, -0.2) is 0 Å². The van der Waals surface area contributed by atoms with Gasteiger partial charge >= 0.3 is 0 Å². The van der Waals surface area contributed by atoms with Gasteiger partial charge in [-0.2, -0.15) is 0 Å². The number of nitrogens with zero attached hydrogens (tertiary/aromatic N) is 2. The van der Waals surface area contributed by atoms with Crippen LogP contribution < -0.4 is 0 Å². The maximum Gasteiger partial charge on any atom is 0.254 e. The van der Waals surface area contributed by atoms with Crippen molar-refractivity contribution in [2.45, 2.75) is 13.8 Å². The predicted octanol–water partition coefficient (Wildman–Crippen LogP) is 2.45. The molecular weight excluding hydrogens is 292 g/mol. The fraction of sp³-hybridized carbons (Fsp3) is 0.500. The number of aryl methyl sites for hydroxylation is 2. The number of likely N-dealkylation sites (N-methyl/N-ethyl adjacent to an activating group) is 1. The van der Waals surface area contributed by atoms with Gasteiger partial charge in [0.25, 0.3) is 5.91 Å². The highest BCUT2D eigenvalue weighted by Gasteiger charge is 2.21. The third-order valence-electron chi connectivity index (χ3n) is 3.53. The quantitative estimate of drug-likeness (QED) is 0.795. The first-order chi connectivity index (χ1) is 8.49. The average molecular weight is 311 g/mol. The number of carbonyl (C=O) groups excluding carboxylic acids is 1. The van der Waals surface area contributed by atoms with E-state index in [1.54, 1.807) is 0 Å². The molecule has 3 nitrogen and oxygen atoms in total. The molecule has 0 unspecified atom stereocenters. The van der Waals surface area contributed by atoms with E-state index in [-0.39, 0.29) is 5.91 Å². The Morgan fingerprint density at radius 3 is 2.33 bits per heavy atom. The highest BCUT2D eigenvalue weighted by Crippen LogP contribution is 2.22. The SMILES string of the molecule is Cc1cc(C)c(C(=O)N2CCN(C)CC2)cc1Br. The molecule has 0 aromatic heterocycles. The first kappa shape index (κ1) is 13.6. The fourth-order valence-electron chi connectivity index (χ4n) is 2.24. The molecule has 18 heavy (non-hydrogen) atoms. The van der Waals surface area contributed by atoms with Crippen LogP contribution in [0.3, 0.4) is 0 Å². The van der Waals surface area contributed by atoms with Crippen LogP contribution in [-0.4, -0.2) is 48.9 Å². The van der Waals surface area contributed by atoms with Gasteiger partial charge in [-0.1, -0.05) is 22.0 Å². The van der Waals surface area contributed by atoms with Crippen LogP contribution in [0.5, 0.6) is 0 Å². The molecule has 0 saturated carbocycles. The minimum absolute atomic E-state index is 0.154. The number of hydrogen-bond donors (Lipinski definition) is 0. The third kappa shape index (κ3) is 2.75. The van der Waals surface area contributed by atoms with Crippen molar-refractivity contribution in [2.24, 2.45) is 0 Å². The van der Waals surface area contributed by atoms with Gasteiger partial charge in [0.2, 0.25) is 0 Å². The molecule has 1 heterocycles. The molecule has 1 aliphatic rings. The predicted molar refractivity (Wildman–Crippen MR) is 77.0 cm³/mol. The zero-order valence-electron chi connectivity index (χ0n) is 11.2. The second-order valence-electron chi connectivity index (χ2n) is 5.01. The molecule has 0 N–H and O–H groups in total. The Labute approximate surface area is 117 Å². The summed E-state index contributed by atoms with van der Waals surface area (Å²) in [5, 5.41) is 0. The summed E-state index contributed by atoms with van der Waals surface area (Å²) in [4.78, 5) is 16.7. The molecule has 0 bridgehead atoms. The highest BCUT2D eigenvalue weighted by molar-refractivity contribution is 9.10. The van der Waals surface area contributed by atoms with E-state index >= 15 is 0 Å². The van der Waals surface area contributed by atoms with E-state index in [1.807, 2.05) is 24.8 Å². The lowest BCUT2D eigenvalue weighted by Crippen LogP contribution is -2.47. The molecule has 1 amide bonds. The van der Waals surface area contributed by atoms with Gasteiger partial charge in [0.1, 0.15) is 0 Å². The summed E-state index contributed by atoms with van der Waals surface area (Å²) in [7, 11) is 2.09. The molecule has 4 heteroatoms. The van der Waals surface area contributed by atoms with Crippen molar-refractivity contribution in [2.75, 3.05) is 33.2 Å². The number of benzene rings is 1. The molecule has 2 rings (SSSR count). The van der Waals surface area contributed by atoms with Crippen LogP contribution in [0.4, 0.5) is 0 Å². The van der Waals surface area contributed by atoms with Crippen molar-refractivity contribution < 1.29 is 4.79 Å². The average Bonchev–Trinajstić information content (AvgIpc) is 2.34. The molecule has 1 aromatic rings. The summed E-state index contributed by atoms with van der Waals surface area (Å²) < 4.78 is 1.01. The van der Waals surface area contributed by atoms with Gasteiger partial charge in [-0.3, -0.25) is 4.79 Å². The smallest absolute Gasteiger partial charge is 0.254 e. The van der Waals surface area contributed by atoms with Crippen LogP contribution in [-0.2, 0) is 0 Å². The van der Waals surface area contributed by atoms with Crippen LogP contribution in [0.2, 0.25) is 0 Å². The van der Waals surface area contributed by atoms with Gasteiger partial charge < -0.3 is 9.80 Å². The van der Waals surface area contributed by atoms with Gasteiger partial charge in [-0.05, 0) is 38.1 Å². The molecule has 1 fully saturated rings. The molecule has 0 radical (unpaired) electrons. The van der Waals surface area contributed by atoms with E-state index in [4.69, 9.17) is 0 Å². The second-order valence-corrected chi connectivity index (χ2v) is 5.87. The summed E-state index contributed by atoms with van der Waals surface area (Å²) in [6.45, 7) is 7.60. The maximum atomic E-state index is 12.5. The van der Waals surface area contributed by atoms with Gasteiger partial charge in [-0.15, -0.1) is 0 Å². The standard InChI is InChI=1S/C14H19BrN2O/c1-10-8-11(2)13(15)9-12(10)14(18)17-6-4-16(3)5-7-17/h8-9H,4-7H2,1-3H3. The molecule has 0 spiro atoms. The third-order valence-corrected chi connectivity index (χ3v) is 4.38. The monoisotopic (exact) mass is 310 g/mol. The van der Waals surface area contributed by atoms with E-state index < -0.39 is 0 Å². The minimum atomic E-state index is 0.154. The van der Waals surface area contributed by atoms with Crippen molar-refractivity contribution in [3.05, 3.63) is 33.3 Å². The number of halogens is 1. The number of rotatable bonds is 1. The molecule has 0 aliphatic carbocycles. The molecule has 1 saturated heterocycles. The van der Waals surface area contributed by atoms with Crippen molar-refractivity contribution in [3.8, 4) is 0 Å². The first-order valence-corrected chi connectivity index (χ1v) is 7.03. The fourth-order valence-corrected chi connectivity index (χ4v) is 2.58. The number of carbonyl (C=O) groups is 1. The molecule has 1 aliphatic heterocycles. The van der Waals surface area contributed by atoms with Crippen molar-refractivity contribution >= 4 is 21.8 Å². The van der Waals surface area contributed by atoms with E-state index in [9.17, 15) is 4.79 Å². The Bertz CT molecular complexity index is 465. The lowest BCUT2D eigenvalue weighted by molar-refractivity contribution is 0.0663. The van der Waals surface area contributed by atoms with Gasteiger partial charge in [0.05, 0.1) is 0 Å². The number of piperazine rings is 1. The summed E-state index contributed by atoms with van der Waals surface area (Å²) >= 11 is 3.50. The summed E-state index contributed by atoms with van der Waals surface area (Å²) in [6.07, 6.45) is 0. The van der Waals surface area contributed by atoms with Crippen LogP contribution in [0.1, 0.15) is 21.5 Å². The molecule has 1 aromatic carbocycles. The second kappa shape index (κ2) is 5.41. The van der Waals surface area contributed by atoms with Crippen LogP contribution in [0.15, 0.2) is 16.6 Å². The Balaban J connectivity index is 2.21. The Morgan fingerprint density at radius 1 is 1.11 bits per heavy atom. The van der Waals surface area contributed by atoms with Crippen LogP contribution in [0.25, 0.3) is 0 Å². The highest BCUT2D eigenvalue weighted by atomic mass is 79.9. The Morgan fingerprint density at radius 2 is 1.72 bits per heavy atom. The Kier molecular flexibility index (Phi) is 4.07. The van der Waals surface area contributed by atoms with E-state index in [1.165, 1.54) is 5.56 Å². The molecular formula is C14H19BrN2O. The summed E-state index contributed by atoms with van der Waals surface area (Å²) in [5.74, 6) is 0.154. The lowest BCUT2D eigenvalue weighted by atomic mass is 10.0. The number of hydrogen-bond acceptors (Lipinski definition) is 2. The van der Waals surface area contributed by atoms with E-state index in [2.05, 4.69) is 33.9 Å². The minimum Gasteiger partial charge on any atom is -0.336 e. The van der Waals surface area contributed by atoms with Crippen molar-refractivity contribution in [1.29, 1.82) is 0 Å². The van der Waals surface area contributed by atoms with E-state index in [0.29, 0.717) is 0 Å². The Hall–Kier alpha value is -0.870. The topological polar surface area (TPSA) is 23.6 Å². The van der Waals surface area contributed by atoms with Gasteiger partial charge in [0.15, 0.2) is 0 Å². The van der Waals surface area contributed by atoms with Crippen molar-refractivity contribution in [3.63, 3.8) is 0 Å². The summed E-state index contributed by atoms with van der Waals surface area (Å²) in [6, 6.07) is 4.01. The zero-order valence-corrected chi connectivity index (χ0v) is 12.7. The van der Waals surface area contributed by atoms with Crippen LogP contribution in [0, 0.1) is 13.8 Å². The van der Waals surface area contributed by atoms with E-state index in [0.717, 1.165) is 41.8 Å². The largest absolute Gasteiger partial charge is 0.336 e. The first-order valence-electron chi connectivity index (χ1n) is 6.23. The molecule has 98 valence electrons. The van der Waals surface area contributed by atoms with Crippen molar-refractivity contribution in [1.82, 2.24) is 9.80 Å².